The highest BCUT2D eigenvalue weighted by Crippen LogP contribution is 2.35. The van der Waals surface area contributed by atoms with Crippen LogP contribution >= 0.6 is 0 Å². The van der Waals surface area contributed by atoms with Crippen molar-refractivity contribution in [3.63, 3.8) is 0 Å². The van der Waals surface area contributed by atoms with E-state index in [9.17, 15) is 4.79 Å². The van der Waals surface area contributed by atoms with E-state index in [2.05, 4.69) is 41.2 Å². The molecular weight excluding hydrogens is 356 g/mol. The lowest BCUT2D eigenvalue weighted by Gasteiger charge is -2.36. The summed E-state index contributed by atoms with van der Waals surface area (Å²) in [5, 5.41) is 3.52. The molecule has 1 saturated heterocycles. The second kappa shape index (κ2) is 8.71. The van der Waals surface area contributed by atoms with Crippen molar-refractivity contribution in [1.82, 2.24) is 10.2 Å². The van der Waals surface area contributed by atoms with Crippen molar-refractivity contribution in [3.8, 4) is 11.5 Å². The molecule has 2 heterocycles. The molecule has 1 atom stereocenters. The van der Waals surface area contributed by atoms with Crippen molar-refractivity contribution in [2.75, 3.05) is 39.9 Å². The third kappa shape index (κ3) is 4.88. The highest BCUT2D eigenvalue weighted by Gasteiger charge is 2.27. The Morgan fingerprint density at radius 3 is 2.79 bits per heavy atom. The topological polar surface area (TPSA) is 89.2 Å². The van der Waals surface area contributed by atoms with Gasteiger partial charge in [-0.2, -0.15) is 0 Å². The quantitative estimate of drug-likeness (QED) is 0.594. The maximum absolute atomic E-state index is 11.3. The molecule has 2 aliphatic rings. The van der Waals surface area contributed by atoms with Crippen LogP contribution in [-0.4, -0.2) is 56.7 Å². The molecule has 7 heteroatoms. The first-order chi connectivity index (χ1) is 13.4. The summed E-state index contributed by atoms with van der Waals surface area (Å²) >= 11 is 0. The van der Waals surface area contributed by atoms with Crippen molar-refractivity contribution in [2.24, 2.45) is 16.6 Å². The monoisotopic (exact) mass is 388 g/mol. The number of amides is 1. The van der Waals surface area contributed by atoms with E-state index in [0.717, 1.165) is 49.9 Å². The van der Waals surface area contributed by atoms with Gasteiger partial charge in [-0.05, 0) is 36.5 Å². The van der Waals surface area contributed by atoms with E-state index < -0.39 is 0 Å². The number of piperidine rings is 1. The highest BCUT2D eigenvalue weighted by molar-refractivity contribution is 5.80. The molecule has 3 N–H and O–H groups in total. The van der Waals surface area contributed by atoms with Crippen LogP contribution in [-0.2, 0) is 10.2 Å². The number of hydrogen-bond acceptors (Lipinski definition) is 4. The minimum absolute atomic E-state index is 0.117. The molecule has 1 aromatic rings. The fraction of sp³-hybridized carbons (Fsp3) is 0.619. The normalized spacial score (nSPS) is 20.0. The summed E-state index contributed by atoms with van der Waals surface area (Å²) in [5.41, 5.74) is 6.45. The summed E-state index contributed by atoms with van der Waals surface area (Å²) in [6, 6.07) is 6.16. The van der Waals surface area contributed by atoms with E-state index in [-0.39, 0.29) is 11.3 Å². The summed E-state index contributed by atoms with van der Waals surface area (Å²) in [5.74, 6) is 2.57. The number of nitrogens with one attached hydrogen (secondary N) is 1. The van der Waals surface area contributed by atoms with Gasteiger partial charge < -0.3 is 25.4 Å². The minimum Gasteiger partial charge on any atom is -0.486 e. The van der Waals surface area contributed by atoms with Crippen molar-refractivity contribution < 1.29 is 14.3 Å². The van der Waals surface area contributed by atoms with Gasteiger partial charge >= 0.3 is 0 Å². The molecule has 0 spiro atoms. The molecular formula is C21H32N4O3. The zero-order valence-electron chi connectivity index (χ0n) is 17.2. The Labute approximate surface area is 167 Å². The van der Waals surface area contributed by atoms with Crippen LogP contribution in [0, 0.1) is 5.92 Å². The number of hydrogen-bond donors (Lipinski definition) is 2. The summed E-state index contributed by atoms with van der Waals surface area (Å²) < 4.78 is 11.4. The van der Waals surface area contributed by atoms with E-state index in [1.807, 2.05) is 6.07 Å². The lowest BCUT2D eigenvalue weighted by Crippen LogP contribution is -2.49. The van der Waals surface area contributed by atoms with Crippen LogP contribution in [0.1, 0.15) is 38.7 Å². The maximum Gasteiger partial charge on any atom is 0.217 e. The van der Waals surface area contributed by atoms with Crippen LogP contribution < -0.4 is 20.5 Å². The number of nitrogens with zero attached hydrogens (tertiary/aromatic N) is 2. The number of aliphatic imine (C=N–C) groups is 1. The van der Waals surface area contributed by atoms with E-state index in [1.165, 1.54) is 5.56 Å². The SMILES string of the molecule is CN=C(NCC(C)(C)c1ccc2c(c1)OCCO2)N1CCCC(CC(N)=O)C1. The predicted octanol–water partition coefficient (Wildman–Crippen LogP) is 1.90. The van der Waals surface area contributed by atoms with Gasteiger partial charge in [-0.1, -0.05) is 19.9 Å². The van der Waals surface area contributed by atoms with Gasteiger partial charge in [0.1, 0.15) is 13.2 Å². The van der Waals surface area contributed by atoms with Crippen LogP contribution in [0.25, 0.3) is 0 Å². The number of guanidine groups is 1. The Morgan fingerprint density at radius 1 is 1.32 bits per heavy atom. The smallest absolute Gasteiger partial charge is 0.217 e. The van der Waals surface area contributed by atoms with Crippen molar-refractivity contribution in [2.45, 2.75) is 38.5 Å². The number of rotatable bonds is 5. The van der Waals surface area contributed by atoms with E-state index >= 15 is 0 Å². The van der Waals surface area contributed by atoms with Gasteiger partial charge in [0, 0.05) is 38.5 Å². The van der Waals surface area contributed by atoms with Crippen molar-refractivity contribution >= 4 is 11.9 Å². The van der Waals surface area contributed by atoms with Gasteiger partial charge in [-0.25, -0.2) is 0 Å². The first kappa shape index (κ1) is 20.3. The van der Waals surface area contributed by atoms with Crippen LogP contribution in [0.4, 0.5) is 0 Å². The predicted molar refractivity (Wildman–Crippen MR) is 110 cm³/mol. The van der Waals surface area contributed by atoms with Gasteiger partial charge in [0.05, 0.1) is 0 Å². The molecule has 0 aliphatic carbocycles. The van der Waals surface area contributed by atoms with E-state index in [0.29, 0.717) is 25.6 Å². The fourth-order valence-corrected chi connectivity index (χ4v) is 3.91. The molecule has 1 unspecified atom stereocenters. The van der Waals surface area contributed by atoms with Gasteiger partial charge in [-0.3, -0.25) is 9.79 Å². The third-order valence-electron chi connectivity index (χ3n) is 5.53. The molecule has 0 saturated carbocycles. The highest BCUT2D eigenvalue weighted by atomic mass is 16.6. The zero-order chi connectivity index (χ0) is 20.1. The van der Waals surface area contributed by atoms with Gasteiger partial charge in [0.25, 0.3) is 0 Å². The number of primary amides is 1. The largest absolute Gasteiger partial charge is 0.486 e. The van der Waals surface area contributed by atoms with Gasteiger partial charge in [0.15, 0.2) is 17.5 Å². The first-order valence-corrected chi connectivity index (χ1v) is 10.0. The van der Waals surface area contributed by atoms with Crippen LogP contribution in [0.2, 0.25) is 0 Å². The second-order valence-electron chi connectivity index (χ2n) is 8.27. The molecule has 0 radical (unpaired) electrons. The molecule has 7 nitrogen and oxygen atoms in total. The lowest BCUT2D eigenvalue weighted by molar-refractivity contribution is -0.119. The molecule has 0 aromatic heterocycles. The average Bonchev–Trinajstić information content (AvgIpc) is 2.68. The van der Waals surface area contributed by atoms with E-state index in [1.54, 1.807) is 7.05 Å². The Hall–Kier alpha value is -2.44. The molecule has 0 bridgehead atoms. The standard InChI is InChI=1S/C21H32N4O3/c1-21(2,16-6-7-17-18(12-16)28-10-9-27-17)14-24-20(23-3)25-8-4-5-15(13-25)11-19(22)26/h6-7,12,15H,4-5,8-11,13-14H2,1-3H3,(H2,22,26)(H,23,24). The number of benzene rings is 1. The first-order valence-electron chi connectivity index (χ1n) is 10.0. The van der Waals surface area contributed by atoms with Crippen molar-refractivity contribution in [1.29, 1.82) is 0 Å². The summed E-state index contributed by atoms with van der Waals surface area (Å²) in [4.78, 5) is 18.0. The lowest BCUT2D eigenvalue weighted by atomic mass is 9.84. The van der Waals surface area contributed by atoms with Crippen LogP contribution in [0.5, 0.6) is 11.5 Å². The summed E-state index contributed by atoms with van der Waals surface area (Å²) in [7, 11) is 1.80. The zero-order valence-corrected chi connectivity index (χ0v) is 17.2. The Kier molecular flexibility index (Phi) is 6.31. The number of carbonyl (C=O) groups is 1. The Morgan fingerprint density at radius 2 is 2.07 bits per heavy atom. The van der Waals surface area contributed by atoms with E-state index in [4.69, 9.17) is 15.2 Å². The molecule has 3 rings (SSSR count). The number of fused-ring (bicyclic) bond motifs is 1. The average molecular weight is 389 g/mol. The van der Waals surface area contributed by atoms with Crippen molar-refractivity contribution in [3.05, 3.63) is 23.8 Å². The maximum atomic E-state index is 11.3. The Balaban J connectivity index is 1.63. The summed E-state index contributed by atoms with van der Waals surface area (Å²) in [6.45, 7) is 8.07. The van der Waals surface area contributed by atoms with Crippen LogP contribution in [0.15, 0.2) is 23.2 Å². The second-order valence-corrected chi connectivity index (χ2v) is 8.27. The molecule has 1 amide bonds. The number of nitrogens with two attached hydrogens (primary N) is 1. The minimum atomic E-state index is -0.227. The molecule has 154 valence electrons. The van der Waals surface area contributed by atoms with Gasteiger partial charge in [0.2, 0.25) is 5.91 Å². The molecule has 2 aliphatic heterocycles. The molecule has 1 fully saturated rings. The van der Waals surface area contributed by atoms with Gasteiger partial charge in [-0.15, -0.1) is 0 Å². The number of likely N-dealkylation sites (tertiary alicyclic amines) is 1. The number of carbonyl (C=O) groups excluding carboxylic acids is 1. The molecule has 1 aromatic carbocycles. The number of ether oxygens (including phenoxy) is 2. The molecule has 28 heavy (non-hydrogen) atoms. The Bertz CT molecular complexity index is 732. The summed E-state index contributed by atoms with van der Waals surface area (Å²) in [6.07, 6.45) is 2.53. The fourth-order valence-electron chi connectivity index (χ4n) is 3.91. The third-order valence-corrected chi connectivity index (χ3v) is 5.53. The van der Waals surface area contributed by atoms with Crippen LogP contribution in [0.3, 0.4) is 0 Å².